The molecule has 3 nitrogen and oxygen atoms in total. The molecule has 1 rings (SSSR count). The van der Waals surface area contributed by atoms with E-state index in [1.54, 1.807) is 27.7 Å². The zero-order valence-electron chi connectivity index (χ0n) is 9.38. The van der Waals surface area contributed by atoms with Gasteiger partial charge in [0.15, 0.2) is 9.84 Å². The van der Waals surface area contributed by atoms with E-state index >= 15 is 0 Å². The fourth-order valence-electron chi connectivity index (χ4n) is 1.42. The van der Waals surface area contributed by atoms with Crippen LogP contribution in [-0.2, 0) is 9.84 Å². The van der Waals surface area contributed by atoms with Gasteiger partial charge in [0.1, 0.15) is 0 Å². The Hall–Kier alpha value is -0.640. The number of allylic oxidation sites excluding steroid dienone is 1. The summed E-state index contributed by atoms with van der Waals surface area (Å²) in [6.45, 7) is 9.26. The van der Waals surface area contributed by atoms with Gasteiger partial charge >= 0.3 is 0 Å². The summed E-state index contributed by atoms with van der Waals surface area (Å²) in [7, 11) is -3.23. The number of aliphatic imine (C=N–C) groups is 1. The van der Waals surface area contributed by atoms with Crippen LogP contribution in [0.2, 0.25) is 0 Å². The van der Waals surface area contributed by atoms with Crippen LogP contribution in [-0.4, -0.2) is 25.4 Å². The average molecular weight is 215 g/mol. The largest absolute Gasteiger partial charge is 0.284 e. The highest BCUT2D eigenvalue weighted by atomic mass is 32.2. The van der Waals surface area contributed by atoms with E-state index in [1.807, 2.05) is 6.92 Å². The van der Waals surface area contributed by atoms with Crippen molar-refractivity contribution in [3.05, 3.63) is 10.5 Å². The number of rotatable bonds is 1. The van der Waals surface area contributed by atoms with Crippen LogP contribution in [0, 0.1) is 0 Å². The van der Waals surface area contributed by atoms with E-state index in [2.05, 4.69) is 4.99 Å². The molecule has 0 atom stereocenters. The van der Waals surface area contributed by atoms with Crippen LogP contribution in [0.3, 0.4) is 0 Å². The number of nitrogens with zero attached hydrogens (tertiary/aromatic N) is 1. The third kappa shape index (κ3) is 1.63. The second-order valence-corrected chi connectivity index (χ2v) is 7.27. The van der Waals surface area contributed by atoms with Crippen LogP contribution in [0.25, 0.3) is 0 Å². The predicted octanol–water partition coefficient (Wildman–Crippen LogP) is 1.95. The van der Waals surface area contributed by atoms with E-state index in [-0.39, 0.29) is 0 Å². The SMILES string of the molecule is CC1=NCC(C)=C1S(=O)(=O)C(C)(C)C. The summed E-state index contributed by atoms with van der Waals surface area (Å²) in [4.78, 5) is 4.59. The van der Waals surface area contributed by atoms with Gasteiger partial charge in [0.25, 0.3) is 0 Å². The summed E-state index contributed by atoms with van der Waals surface area (Å²) in [6.07, 6.45) is 0. The molecule has 14 heavy (non-hydrogen) atoms. The summed E-state index contributed by atoms with van der Waals surface area (Å²) in [5.41, 5.74) is 1.51. The number of sulfone groups is 1. The molecule has 0 unspecified atom stereocenters. The van der Waals surface area contributed by atoms with Crippen LogP contribution >= 0.6 is 0 Å². The molecule has 0 aromatic carbocycles. The van der Waals surface area contributed by atoms with Crippen molar-refractivity contribution in [2.24, 2.45) is 4.99 Å². The highest BCUT2D eigenvalue weighted by molar-refractivity contribution is 7.97. The van der Waals surface area contributed by atoms with Crippen molar-refractivity contribution in [1.82, 2.24) is 0 Å². The number of hydrogen-bond donors (Lipinski definition) is 0. The van der Waals surface area contributed by atoms with Gasteiger partial charge in [-0.05, 0) is 40.2 Å². The van der Waals surface area contributed by atoms with Gasteiger partial charge in [-0.25, -0.2) is 8.42 Å². The molecule has 80 valence electrons. The minimum absolute atomic E-state index is 0.449. The van der Waals surface area contributed by atoms with E-state index in [0.717, 1.165) is 5.57 Å². The first-order chi connectivity index (χ1) is 6.18. The van der Waals surface area contributed by atoms with E-state index in [1.165, 1.54) is 0 Å². The summed E-state index contributed by atoms with van der Waals surface area (Å²) in [5.74, 6) is 0. The zero-order valence-corrected chi connectivity index (χ0v) is 10.2. The average Bonchev–Trinajstić information content (AvgIpc) is 2.28. The Morgan fingerprint density at radius 3 is 2.00 bits per heavy atom. The quantitative estimate of drug-likeness (QED) is 0.671. The van der Waals surface area contributed by atoms with Crippen molar-refractivity contribution < 1.29 is 8.42 Å². The lowest BCUT2D eigenvalue weighted by atomic mass is 10.2. The lowest BCUT2D eigenvalue weighted by Gasteiger charge is -2.20. The second kappa shape index (κ2) is 3.19. The molecular formula is C10H17NO2S. The molecule has 0 amide bonds. The van der Waals surface area contributed by atoms with Gasteiger partial charge in [0.05, 0.1) is 21.9 Å². The highest BCUT2D eigenvalue weighted by Crippen LogP contribution is 2.29. The fourth-order valence-corrected chi connectivity index (χ4v) is 3.01. The van der Waals surface area contributed by atoms with Crippen molar-refractivity contribution in [2.75, 3.05) is 6.54 Å². The van der Waals surface area contributed by atoms with Crippen molar-refractivity contribution in [3.63, 3.8) is 0 Å². The molecule has 0 radical (unpaired) electrons. The van der Waals surface area contributed by atoms with Gasteiger partial charge in [-0.2, -0.15) is 0 Å². The molecule has 1 heterocycles. The first kappa shape index (κ1) is 11.4. The Bertz CT molecular complexity index is 408. The zero-order chi connectivity index (χ0) is 11.1. The van der Waals surface area contributed by atoms with E-state index < -0.39 is 14.6 Å². The lowest BCUT2D eigenvalue weighted by Crippen LogP contribution is -2.31. The van der Waals surface area contributed by atoms with Gasteiger partial charge < -0.3 is 0 Å². The smallest absolute Gasteiger partial charge is 0.185 e. The third-order valence-corrected chi connectivity index (χ3v) is 5.14. The van der Waals surface area contributed by atoms with E-state index in [0.29, 0.717) is 17.2 Å². The number of hydrogen-bond acceptors (Lipinski definition) is 3. The Morgan fingerprint density at radius 1 is 1.21 bits per heavy atom. The molecule has 0 saturated carbocycles. The summed E-state index contributed by atoms with van der Waals surface area (Å²) in [6, 6.07) is 0. The molecule has 0 spiro atoms. The predicted molar refractivity (Wildman–Crippen MR) is 59.3 cm³/mol. The molecule has 0 aromatic heterocycles. The Labute approximate surface area is 85.8 Å². The Balaban J connectivity index is 3.33. The van der Waals surface area contributed by atoms with Crippen LogP contribution in [0.15, 0.2) is 15.5 Å². The van der Waals surface area contributed by atoms with Crippen LogP contribution in [0.4, 0.5) is 0 Å². The topological polar surface area (TPSA) is 46.5 Å². The van der Waals surface area contributed by atoms with Gasteiger partial charge in [-0.1, -0.05) is 0 Å². The molecule has 0 aliphatic carbocycles. The summed E-state index contributed by atoms with van der Waals surface area (Å²) < 4.78 is 23.5. The molecule has 0 saturated heterocycles. The van der Waals surface area contributed by atoms with E-state index in [4.69, 9.17) is 0 Å². The Morgan fingerprint density at radius 2 is 1.71 bits per heavy atom. The van der Waals surface area contributed by atoms with E-state index in [9.17, 15) is 8.42 Å². The van der Waals surface area contributed by atoms with Crippen LogP contribution in [0.1, 0.15) is 34.6 Å². The van der Waals surface area contributed by atoms with Crippen molar-refractivity contribution in [2.45, 2.75) is 39.4 Å². The first-order valence-electron chi connectivity index (χ1n) is 4.63. The highest BCUT2D eigenvalue weighted by Gasteiger charge is 2.36. The maximum Gasteiger partial charge on any atom is 0.185 e. The first-order valence-corrected chi connectivity index (χ1v) is 6.12. The molecule has 0 fully saturated rings. The normalized spacial score (nSPS) is 18.8. The molecule has 4 heteroatoms. The van der Waals surface area contributed by atoms with Crippen molar-refractivity contribution >= 4 is 15.5 Å². The van der Waals surface area contributed by atoms with Crippen LogP contribution < -0.4 is 0 Å². The summed E-state index contributed by atoms with van der Waals surface area (Å²) in [5, 5.41) is 0. The molecule has 1 aliphatic heterocycles. The van der Waals surface area contributed by atoms with Gasteiger partial charge in [0, 0.05) is 0 Å². The maximum absolute atomic E-state index is 12.1. The van der Waals surface area contributed by atoms with Crippen molar-refractivity contribution in [3.8, 4) is 0 Å². The van der Waals surface area contributed by atoms with Crippen LogP contribution in [0.5, 0.6) is 0 Å². The monoisotopic (exact) mass is 215 g/mol. The van der Waals surface area contributed by atoms with Crippen molar-refractivity contribution in [1.29, 1.82) is 0 Å². The summed E-state index contributed by atoms with van der Waals surface area (Å²) >= 11 is 0. The minimum Gasteiger partial charge on any atom is -0.284 e. The maximum atomic E-state index is 12.1. The second-order valence-electron chi connectivity index (χ2n) is 4.63. The van der Waals surface area contributed by atoms with Gasteiger partial charge in [-0.3, -0.25) is 4.99 Å². The standard InChI is InChI=1S/C10H17NO2S/c1-7-6-11-8(2)9(7)14(12,13)10(3,4)5/h6H2,1-5H3. The van der Waals surface area contributed by atoms with Gasteiger partial charge in [0.2, 0.25) is 0 Å². The molecule has 1 aliphatic rings. The Kier molecular flexibility index (Phi) is 2.61. The minimum atomic E-state index is -3.23. The fraction of sp³-hybridized carbons (Fsp3) is 0.700. The third-order valence-electron chi connectivity index (χ3n) is 2.34. The molecule has 0 N–H and O–H groups in total. The lowest BCUT2D eigenvalue weighted by molar-refractivity contribution is 0.568. The van der Waals surface area contributed by atoms with Gasteiger partial charge in [-0.15, -0.1) is 0 Å². The molecular weight excluding hydrogens is 198 g/mol. The molecule has 0 aromatic rings. The molecule has 0 bridgehead atoms.